The van der Waals surface area contributed by atoms with E-state index in [1.807, 2.05) is 26.8 Å². The van der Waals surface area contributed by atoms with E-state index in [1.54, 1.807) is 23.4 Å². The molecule has 2 amide bonds. The lowest BCUT2D eigenvalue weighted by Gasteiger charge is -2.36. The number of rotatable bonds is 3. The first-order valence-corrected chi connectivity index (χ1v) is 9.29. The van der Waals surface area contributed by atoms with Crippen LogP contribution >= 0.6 is 0 Å². The third kappa shape index (κ3) is 4.66. The van der Waals surface area contributed by atoms with Crippen LogP contribution < -0.4 is 10.6 Å². The normalized spacial score (nSPS) is 15.3. The number of carbonyl (C=O) groups excluding carboxylic acids is 2. The highest BCUT2D eigenvalue weighted by Gasteiger charge is 2.26. The Balaban J connectivity index is 1.77. The van der Waals surface area contributed by atoms with Crippen molar-refractivity contribution in [3.63, 3.8) is 0 Å². The zero-order chi connectivity index (χ0) is 21.2. The Bertz CT molecular complexity index is 1000. The van der Waals surface area contributed by atoms with Crippen molar-refractivity contribution < 1.29 is 14.3 Å². The number of piperazine rings is 1. The molecule has 0 radical (unpaired) electrons. The fraction of sp³-hybridized carbons (Fsp3) is 0.400. The van der Waals surface area contributed by atoms with Crippen LogP contribution in [-0.2, 0) is 9.53 Å². The molecule has 9 heteroatoms. The van der Waals surface area contributed by atoms with Crippen molar-refractivity contribution in [2.45, 2.75) is 26.4 Å². The minimum Gasteiger partial charge on any atom is -0.444 e. The summed E-state index contributed by atoms with van der Waals surface area (Å²) < 4.78 is 5.43. The Labute approximate surface area is 168 Å². The second-order valence-electron chi connectivity index (χ2n) is 7.82. The molecule has 9 nitrogen and oxygen atoms in total. The Kier molecular flexibility index (Phi) is 5.46. The van der Waals surface area contributed by atoms with Crippen LogP contribution in [0.25, 0.3) is 17.1 Å². The Hall–Kier alpha value is -3.54. The summed E-state index contributed by atoms with van der Waals surface area (Å²) in [5.41, 5.74) is 6.79. The molecule has 2 aromatic rings. The molecule has 1 aliphatic heterocycles. The van der Waals surface area contributed by atoms with Gasteiger partial charge in [0, 0.05) is 43.3 Å². The Morgan fingerprint density at radius 3 is 2.59 bits per heavy atom. The lowest BCUT2D eigenvalue weighted by atomic mass is 10.1. The van der Waals surface area contributed by atoms with Gasteiger partial charge in [-0.05, 0) is 32.9 Å². The molecule has 0 aliphatic carbocycles. The van der Waals surface area contributed by atoms with Crippen LogP contribution in [-0.4, -0.2) is 58.6 Å². The molecule has 1 aliphatic rings. The fourth-order valence-corrected chi connectivity index (χ4v) is 3.09. The molecule has 3 heterocycles. The number of carbonyl (C=O) groups is 2. The number of primary amides is 1. The van der Waals surface area contributed by atoms with Crippen molar-refractivity contribution in [1.82, 2.24) is 14.9 Å². The topological polar surface area (TPSA) is 128 Å². The molecule has 152 valence electrons. The maximum Gasteiger partial charge on any atom is 0.410 e. The predicted molar refractivity (Wildman–Crippen MR) is 109 cm³/mol. The van der Waals surface area contributed by atoms with Crippen molar-refractivity contribution in [2.24, 2.45) is 5.73 Å². The zero-order valence-corrected chi connectivity index (χ0v) is 16.7. The number of hydrogen-bond donors (Lipinski definition) is 2. The van der Waals surface area contributed by atoms with E-state index in [2.05, 4.69) is 14.9 Å². The van der Waals surface area contributed by atoms with Gasteiger partial charge in [0.15, 0.2) is 0 Å². The number of H-pyrrole nitrogens is 1. The van der Waals surface area contributed by atoms with Gasteiger partial charge in [0.1, 0.15) is 22.9 Å². The average Bonchev–Trinajstić information content (AvgIpc) is 3.06. The molecule has 0 aromatic carbocycles. The van der Waals surface area contributed by atoms with Crippen LogP contribution in [0.3, 0.4) is 0 Å². The molecule has 0 bridgehead atoms. The van der Waals surface area contributed by atoms with Crippen molar-refractivity contribution in [3.05, 3.63) is 29.6 Å². The summed E-state index contributed by atoms with van der Waals surface area (Å²) in [6.07, 6.45) is 4.59. The van der Waals surface area contributed by atoms with Gasteiger partial charge in [0.05, 0.1) is 11.9 Å². The first-order chi connectivity index (χ1) is 13.7. The summed E-state index contributed by atoms with van der Waals surface area (Å²) in [6.45, 7) is 7.93. The minimum absolute atomic E-state index is 0.123. The second-order valence-corrected chi connectivity index (χ2v) is 7.82. The Morgan fingerprint density at radius 2 is 2.00 bits per heavy atom. The number of fused-ring (bicyclic) bond motifs is 1. The number of nitriles is 1. The quantitative estimate of drug-likeness (QED) is 0.603. The van der Waals surface area contributed by atoms with E-state index in [0.717, 1.165) is 11.1 Å². The van der Waals surface area contributed by atoms with Crippen LogP contribution in [0.1, 0.15) is 26.3 Å². The maximum absolute atomic E-state index is 12.2. The Morgan fingerprint density at radius 1 is 1.31 bits per heavy atom. The first-order valence-electron chi connectivity index (χ1n) is 9.29. The number of hydrogen-bond acceptors (Lipinski definition) is 6. The number of ether oxygens (including phenoxy) is 1. The summed E-state index contributed by atoms with van der Waals surface area (Å²) in [4.78, 5) is 34.8. The van der Waals surface area contributed by atoms with Crippen molar-refractivity contribution in [1.29, 1.82) is 5.26 Å². The minimum atomic E-state index is -0.774. The molecule has 1 fully saturated rings. The van der Waals surface area contributed by atoms with Crippen molar-refractivity contribution in [2.75, 3.05) is 31.1 Å². The van der Waals surface area contributed by atoms with Gasteiger partial charge in [0.2, 0.25) is 0 Å². The third-order valence-corrected chi connectivity index (χ3v) is 4.53. The van der Waals surface area contributed by atoms with Gasteiger partial charge in [-0.1, -0.05) is 0 Å². The van der Waals surface area contributed by atoms with Crippen LogP contribution in [0.2, 0.25) is 0 Å². The van der Waals surface area contributed by atoms with Crippen LogP contribution in [0.4, 0.5) is 10.5 Å². The standard InChI is InChI=1S/C20H24N6O3/c1-20(2,3)29-19(28)26-6-4-25(5-7-26)15-9-16-14(8-13(10-21)17(22)27)11-23-18(16)24-12-15/h8-9,11-12H,4-7H2,1-3H3,(H2,22,27)(H,23,24)/b13-8+. The molecular formula is C20H24N6O3. The van der Waals surface area contributed by atoms with Gasteiger partial charge in [-0.25, -0.2) is 9.78 Å². The molecule has 29 heavy (non-hydrogen) atoms. The monoisotopic (exact) mass is 396 g/mol. The number of nitrogens with two attached hydrogens (primary N) is 1. The van der Waals surface area contributed by atoms with E-state index < -0.39 is 11.5 Å². The van der Waals surface area contributed by atoms with E-state index in [9.17, 15) is 9.59 Å². The van der Waals surface area contributed by atoms with E-state index in [4.69, 9.17) is 15.7 Å². The lowest BCUT2D eigenvalue weighted by Crippen LogP contribution is -2.50. The molecule has 0 unspecified atom stereocenters. The highest BCUT2D eigenvalue weighted by Crippen LogP contribution is 2.25. The molecule has 1 saturated heterocycles. The average molecular weight is 396 g/mol. The predicted octanol–water partition coefficient (Wildman–Crippen LogP) is 2.01. The SMILES string of the molecule is CC(C)(C)OC(=O)N1CCN(c2cnc3[nH]cc(/C=C(\C#N)C(N)=O)c3c2)CC1. The number of amides is 2. The van der Waals surface area contributed by atoms with Crippen molar-refractivity contribution in [3.8, 4) is 6.07 Å². The summed E-state index contributed by atoms with van der Waals surface area (Å²) in [5, 5.41) is 9.85. The van der Waals surface area contributed by atoms with Gasteiger partial charge >= 0.3 is 6.09 Å². The van der Waals surface area contributed by atoms with E-state index >= 15 is 0 Å². The number of aromatic amines is 1. The van der Waals surface area contributed by atoms with Gasteiger partial charge < -0.3 is 25.3 Å². The first kappa shape index (κ1) is 20.2. The summed E-state index contributed by atoms with van der Waals surface area (Å²) >= 11 is 0. The summed E-state index contributed by atoms with van der Waals surface area (Å²) in [6, 6.07) is 3.75. The van der Waals surface area contributed by atoms with E-state index in [-0.39, 0.29) is 11.7 Å². The van der Waals surface area contributed by atoms with E-state index in [0.29, 0.717) is 37.4 Å². The number of nitrogens with zero attached hydrogens (tertiary/aromatic N) is 4. The zero-order valence-electron chi connectivity index (χ0n) is 16.7. The second kappa shape index (κ2) is 7.83. The molecule has 3 rings (SSSR count). The van der Waals surface area contributed by atoms with E-state index in [1.165, 1.54) is 6.08 Å². The highest BCUT2D eigenvalue weighted by atomic mass is 16.6. The molecule has 2 aromatic heterocycles. The van der Waals surface area contributed by atoms with Crippen LogP contribution in [0.5, 0.6) is 0 Å². The van der Waals surface area contributed by atoms with Gasteiger partial charge in [-0.2, -0.15) is 5.26 Å². The number of pyridine rings is 1. The van der Waals surface area contributed by atoms with Gasteiger partial charge in [-0.3, -0.25) is 4.79 Å². The molecule has 0 saturated carbocycles. The largest absolute Gasteiger partial charge is 0.444 e. The number of anilines is 1. The lowest BCUT2D eigenvalue weighted by molar-refractivity contribution is -0.114. The summed E-state index contributed by atoms with van der Waals surface area (Å²) in [7, 11) is 0. The summed E-state index contributed by atoms with van der Waals surface area (Å²) in [5.74, 6) is -0.774. The number of aromatic nitrogens is 2. The van der Waals surface area contributed by atoms with Crippen molar-refractivity contribution >= 4 is 34.8 Å². The third-order valence-electron chi connectivity index (χ3n) is 4.53. The van der Waals surface area contributed by atoms with Gasteiger partial charge in [0.25, 0.3) is 5.91 Å². The molecule has 0 spiro atoms. The highest BCUT2D eigenvalue weighted by molar-refractivity contribution is 6.03. The van der Waals surface area contributed by atoms with Crippen LogP contribution in [0.15, 0.2) is 24.0 Å². The fourth-order valence-electron chi connectivity index (χ4n) is 3.09. The molecular weight excluding hydrogens is 372 g/mol. The van der Waals surface area contributed by atoms with Gasteiger partial charge in [-0.15, -0.1) is 0 Å². The molecule has 0 atom stereocenters. The van der Waals surface area contributed by atoms with Crippen LogP contribution in [0, 0.1) is 11.3 Å². The number of nitrogens with one attached hydrogen (secondary N) is 1. The molecule has 3 N–H and O–H groups in total. The maximum atomic E-state index is 12.2. The smallest absolute Gasteiger partial charge is 0.410 e.